The van der Waals surface area contributed by atoms with Gasteiger partial charge in [0.2, 0.25) is 10.0 Å². The molecular weight excluding hydrogens is 431 g/mol. The smallest absolute Gasteiger partial charge is 0.307 e. The average molecular weight is 451 g/mol. The van der Waals surface area contributed by atoms with Gasteiger partial charge in [-0.3, -0.25) is 9.00 Å². The van der Waals surface area contributed by atoms with E-state index in [1.807, 2.05) is 0 Å². The molecule has 1 aromatic heterocycles. The maximum atomic E-state index is 13.2. The van der Waals surface area contributed by atoms with E-state index in [4.69, 9.17) is 0 Å². The van der Waals surface area contributed by atoms with Crippen molar-refractivity contribution in [2.75, 3.05) is 12.8 Å². The lowest BCUT2D eigenvalue weighted by atomic mass is 10.1. The van der Waals surface area contributed by atoms with Gasteiger partial charge >= 0.3 is 5.97 Å². The highest BCUT2D eigenvalue weighted by Crippen LogP contribution is 2.34. The summed E-state index contributed by atoms with van der Waals surface area (Å²) in [5.41, 5.74) is 1.22. The largest absolute Gasteiger partial charge is 0.481 e. The lowest BCUT2D eigenvalue weighted by molar-refractivity contribution is -0.136. The highest BCUT2D eigenvalue weighted by atomic mass is 32.2. The molecule has 2 unspecified atom stereocenters. The van der Waals surface area contributed by atoms with Gasteiger partial charge in [0.1, 0.15) is 10.8 Å². The molecule has 0 bridgehead atoms. The van der Waals surface area contributed by atoms with E-state index >= 15 is 0 Å². The Labute approximate surface area is 175 Å². The molecule has 0 aliphatic carbocycles. The molecule has 4 rings (SSSR count). The van der Waals surface area contributed by atoms with Crippen LogP contribution in [-0.2, 0) is 38.6 Å². The topological polar surface area (TPSA) is 96.7 Å². The highest BCUT2D eigenvalue weighted by molar-refractivity contribution is 7.89. The number of para-hydroxylation sites is 1. The zero-order valence-corrected chi connectivity index (χ0v) is 17.6. The summed E-state index contributed by atoms with van der Waals surface area (Å²) >= 11 is 0. The van der Waals surface area contributed by atoms with E-state index in [2.05, 4.69) is 0 Å². The zero-order chi connectivity index (χ0) is 21.6. The Morgan fingerprint density at radius 1 is 1.23 bits per heavy atom. The minimum absolute atomic E-state index is 0.0415. The van der Waals surface area contributed by atoms with Gasteiger partial charge in [0, 0.05) is 35.8 Å². The van der Waals surface area contributed by atoms with E-state index < -0.39 is 38.7 Å². The molecule has 158 valence electrons. The van der Waals surface area contributed by atoms with E-state index in [1.165, 1.54) is 19.2 Å². The Balaban J connectivity index is 1.76. The Kier molecular flexibility index (Phi) is 5.25. The number of fused-ring (bicyclic) bond motifs is 3. The highest BCUT2D eigenvalue weighted by Gasteiger charge is 2.36. The molecule has 30 heavy (non-hydrogen) atoms. The number of carbonyl (C=O) groups is 1. The molecule has 1 N–H and O–H groups in total. The van der Waals surface area contributed by atoms with Gasteiger partial charge in [0.15, 0.2) is 0 Å². The SMILES string of the molecule is CN(C1Cn2c(c(CC(=O)O)c3ccccc32)S(=O)C1)S(=O)(=O)c1ccc(F)cc1. The van der Waals surface area contributed by atoms with Crippen molar-refractivity contribution in [1.82, 2.24) is 8.87 Å². The molecule has 10 heteroatoms. The van der Waals surface area contributed by atoms with Crippen LogP contribution in [0.25, 0.3) is 10.9 Å². The first-order valence-corrected chi connectivity index (χ1v) is 11.9. The van der Waals surface area contributed by atoms with Crippen molar-refractivity contribution in [1.29, 1.82) is 0 Å². The molecule has 0 spiro atoms. The minimum atomic E-state index is -3.92. The Morgan fingerprint density at radius 3 is 2.57 bits per heavy atom. The second-order valence-corrected chi connectivity index (χ2v) is 10.5. The number of likely N-dealkylation sites (N-methyl/N-ethyl adjacent to an activating group) is 1. The van der Waals surface area contributed by atoms with E-state index in [9.17, 15) is 26.9 Å². The van der Waals surface area contributed by atoms with Gasteiger partial charge in [0.25, 0.3) is 0 Å². The third-order valence-corrected chi connectivity index (χ3v) is 8.82. The van der Waals surface area contributed by atoms with Crippen molar-refractivity contribution in [2.45, 2.75) is 28.9 Å². The minimum Gasteiger partial charge on any atom is -0.481 e. The number of sulfonamides is 1. The quantitative estimate of drug-likeness (QED) is 0.643. The number of rotatable bonds is 5. The third kappa shape index (κ3) is 3.44. The molecule has 1 aliphatic heterocycles. The number of nitrogens with zero attached hydrogens (tertiary/aromatic N) is 2. The Hall–Kier alpha value is -2.56. The van der Waals surface area contributed by atoms with Crippen LogP contribution in [0.15, 0.2) is 58.5 Å². The molecule has 0 radical (unpaired) electrons. The summed E-state index contributed by atoms with van der Waals surface area (Å²) in [6, 6.07) is 11.1. The average Bonchev–Trinajstić information content (AvgIpc) is 3.01. The van der Waals surface area contributed by atoms with Gasteiger partial charge in [0.05, 0.1) is 28.2 Å². The van der Waals surface area contributed by atoms with Gasteiger partial charge in [-0.05, 0) is 30.3 Å². The second kappa shape index (κ2) is 7.60. The first-order chi connectivity index (χ1) is 14.2. The molecule has 7 nitrogen and oxygen atoms in total. The van der Waals surface area contributed by atoms with Gasteiger partial charge in [-0.2, -0.15) is 4.31 Å². The molecule has 2 atom stereocenters. The fourth-order valence-electron chi connectivity index (χ4n) is 3.82. The number of hydrogen-bond donors (Lipinski definition) is 1. The van der Waals surface area contributed by atoms with Crippen LogP contribution < -0.4 is 0 Å². The second-order valence-electron chi connectivity index (χ2n) is 7.12. The number of hydrogen-bond acceptors (Lipinski definition) is 4. The summed E-state index contributed by atoms with van der Waals surface area (Å²) in [6.45, 7) is 0.234. The normalized spacial score (nSPS) is 19.2. The van der Waals surface area contributed by atoms with Crippen molar-refractivity contribution in [3.8, 4) is 0 Å². The van der Waals surface area contributed by atoms with Gasteiger partial charge < -0.3 is 9.67 Å². The monoisotopic (exact) mass is 450 g/mol. The summed E-state index contributed by atoms with van der Waals surface area (Å²) in [7, 11) is -4.10. The predicted octanol–water partition coefficient (Wildman–Crippen LogP) is 2.22. The van der Waals surface area contributed by atoms with Gasteiger partial charge in [-0.25, -0.2) is 12.8 Å². The Bertz CT molecular complexity index is 1270. The molecular formula is C20H19FN2O5S2. The van der Waals surface area contributed by atoms with Crippen molar-refractivity contribution in [3.05, 3.63) is 59.9 Å². The molecule has 0 fully saturated rings. The number of halogens is 1. The van der Waals surface area contributed by atoms with Crippen molar-refractivity contribution >= 4 is 37.7 Å². The molecule has 2 aromatic carbocycles. The molecule has 3 aromatic rings. The number of carboxylic acid groups (broad SMARTS) is 1. The number of benzene rings is 2. The maximum absolute atomic E-state index is 13.2. The molecule has 0 amide bonds. The lowest BCUT2D eigenvalue weighted by Gasteiger charge is -2.32. The Morgan fingerprint density at radius 2 is 1.90 bits per heavy atom. The van der Waals surface area contributed by atoms with Crippen LogP contribution in [0.3, 0.4) is 0 Å². The molecule has 0 saturated carbocycles. The maximum Gasteiger partial charge on any atom is 0.307 e. The standard InChI is InChI=1S/C20H19FN2O5S2/c1-22(30(27,28)15-8-6-13(21)7-9-15)14-11-23-18-5-3-2-4-16(18)17(10-19(24)25)20(23)29(26)12-14/h2-9,14H,10-12H2,1H3,(H,24,25). The van der Waals surface area contributed by atoms with Crippen molar-refractivity contribution < 1.29 is 26.9 Å². The molecule has 1 aliphatic rings. The van der Waals surface area contributed by atoms with Gasteiger partial charge in [-0.15, -0.1) is 0 Å². The van der Waals surface area contributed by atoms with Crippen molar-refractivity contribution in [3.63, 3.8) is 0 Å². The summed E-state index contributed by atoms with van der Waals surface area (Å²) < 4.78 is 55.2. The number of carboxylic acids is 1. The first-order valence-electron chi connectivity index (χ1n) is 9.14. The van der Waals surface area contributed by atoms with Crippen LogP contribution in [0, 0.1) is 5.82 Å². The zero-order valence-electron chi connectivity index (χ0n) is 16.0. The van der Waals surface area contributed by atoms with Gasteiger partial charge in [-0.1, -0.05) is 18.2 Å². The fourth-order valence-corrected chi connectivity index (χ4v) is 6.97. The van der Waals surface area contributed by atoms with Crippen LogP contribution in [0.4, 0.5) is 4.39 Å². The molecule has 0 saturated heterocycles. The van der Waals surface area contributed by atoms with Crippen LogP contribution >= 0.6 is 0 Å². The predicted molar refractivity (Wildman–Crippen MR) is 110 cm³/mol. The summed E-state index contributed by atoms with van der Waals surface area (Å²) in [4.78, 5) is 11.3. The fraction of sp³-hybridized carbons (Fsp3) is 0.250. The van der Waals surface area contributed by atoms with Crippen LogP contribution in [0.1, 0.15) is 5.56 Å². The number of aliphatic carboxylic acids is 1. The first kappa shape index (κ1) is 20.7. The van der Waals surface area contributed by atoms with Crippen molar-refractivity contribution in [2.24, 2.45) is 0 Å². The van der Waals surface area contributed by atoms with Crippen LogP contribution in [0.5, 0.6) is 0 Å². The third-order valence-electron chi connectivity index (χ3n) is 5.31. The van der Waals surface area contributed by atoms with Crippen LogP contribution in [0.2, 0.25) is 0 Å². The molecule has 2 heterocycles. The summed E-state index contributed by atoms with van der Waals surface area (Å²) in [5.74, 6) is -1.52. The van der Waals surface area contributed by atoms with E-state index in [1.54, 1.807) is 28.8 Å². The van der Waals surface area contributed by atoms with E-state index in [-0.39, 0.29) is 23.6 Å². The van der Waals surface area contributed by atoms with E-state index in [0.29, 0.717) is 16.0 Å². The van der Waals surface area contributed by atoms with Crippen LogP contribution in [-0.4, -0.2) is 51.4 Å². The number of aromatic nitrogens is 1. The lowest BCUT2D eigenvalue weighted by Crippen LogP contribution is -2.45. The van der Waals surface area contributed by atoms with E-state index in [0.717, 1.165) is 22.0 Å². The summed E-state index contributed by atoms with van der Waals surface area (Å²) in [6.07, 6.45) is -0.261. The summed E-state index contributed by atoms with van der Waals surface area (Å²) in [5, 5.41) is 10.4.